The molecule has 0 bridgehead atoms. The van der Waals surface area contributed by atoms with Crippen LogP contribution >= 0.6 is 0 Å². The molecule has 1 N–H and O–H groups in total. The largest absolute Gasteiger partial charge is 0.481 e. The molecule has 1 atom stereocenters. The molecule has 0 saturated carbocycles. The maximum Gasteiger partial charge on any atom is 0.263 e. The van der Waals surface area contributed by atoms with E-state index >= 15 is 0 Å². The van der Waals surface area contributed by atoms with E-state index in [0.29, 0.717) is 17.9 Å². The summed E-state index contributed by atoms with van der Waals surface area (Å²) < 4.78 is 5.63. The number of nitrogens with zero attached hydrogens (tertiary/aromatic N) is 2. The third kappa shape index (κ3) is 2.45. The Hall–Kier alpha value is -2.04. The van der Waals surface area contributed by atoms with Crippen LogP contribution in [-0.4, -0.2) is 41.4 Å². The van der Waals surface area contributed by atoms with Gasteiger partial charge in [0.1, 0.15) is 5.75 Å². The molecule has 0 aromatic heterocycles. The second-order valence-corrected chi connectivity index (χ2v) is 4.36. The highest BCUT2D eigenvalue weighted by atomic mass is 16.5. The van der Waals surface area contributed by atoms with Crippen molar-refractivity contribution in [3.63, 3.8) is 0 Å². The van der Waals surface area contributed by atoms with E-state index < -0.39 is 0 Å². The van der Waals surface area contributed by atoms with Crippen molar-refractivity contribution in [2.24, 2.45) is 5.16 Å². The molecule has 1 aromatic rings. The molecule has 5 nitrogen and oxygen atoms in total. The molecule has 1 aromatic carbocycles. The molecule has 1 heterocycles. The average Bonchev–Trinajstić information content (AvgIpc) is 2.71. The topological polar surface area (TPSA) is 62.1 Å². The molecule has 0 aliphatic carbocycles. The van der Waals surface area contributed by atoms with Crippen molar-refractivity contribution in [1.29, 1.82) is 0 Å². The first-order valence-electron chi connectivity index (χ1n) is 5.82. The fraction of sp³-hybridized carbons (Fsp3) is 0.385. The van der Waals surface area contributed by atoms with Crippen molar-refractivity contribution in [3.05, 3.63) is 29.8 Å². The van der Waals surface area contributed by atoms with Crippen LogP contribution in [0.2, 0.25) is 0 Å². The highest BCUT2D eigenvalue weighted by molar-refractivity contribution is 5.98. The third-order valence-electron chi connectivity index (χ3n) is 3.08. The Morgan fingerprint density at radius 1 is 1.44 bits per heavy atom. The minimum Gasteiger partial charge on any atom is -0.481 e. The Kier molecular flexibility index (Phi) is 3.50. The minimum absolute atomic E-state index is 0.0205. The van der Waals surface area contributed by atoms with Crippen molar-refractivity contribution in [3.8, 4) is 5.75 Å². The van der Waals surface area contributed by atoms with Crippen LogP contribution in [0, 0.1) is 0 Å². The predicted octanol–water partition coefficient (Wildman–Crippen LogP) is 1.49. The number of ether oxygens (including phenoxy) is 1. The van der Waals surface area contributed by atoms with Crippen LogP contribution in [0.5, 0.6) is 5.75 Å². The maximum absolute atomic E-state index is 11.7. The van der Waals surface area contributed by atoms with Crippen LogP contribution in [0.4, 0.5) is 0 Å². The molecule has 1 amide bonds. The highest BCUT2D eigenvalue weighted by Crippen LogP contribution is 2.19. The number of hydrogen-bond donors (Lipinski definition) is 1. The summed E-state index contributed by atoms with van der Waals surface area (Å²) in [6.07, 6.45) is 0.335. The molecule has 96 valence electrons. The molecule has 2 rings (SSSR count). The number of benzene rings is 1. The van der Waals surface area contributed by atoms with Crippen LogP contribution in [0.3, 0.4) is 0 Å². The molecule has 0 spiro atoms. The van der Waals surface area contributed by atoms with E-state index in [2.05, 4.69) is 5.16 Å². The van der Waals surface area contributed by atoms with E-state index in [0.717, 1.165) is 12.1 Å². The normalized spacial score (nSPS) is 20.3. The maximum atomic E-state index is 11.7. The number of oxime groups is 1. The smallest absolute Gasteiger partial charge is 0.263 e. The lowest BCUT2D eigenvalue weighted by atomic mass is 10.1. The average molecular weight is 248 g/mol. The van der Waals surface area contributed by atoms with Crippen LogP contribution < -0.4 is 4.74 Å². The number of carbonyl (C=O) groups excluding carboxylic acids is 1. The number of likely N-dealkylation sites (N-methyl/N-ethyl adjacent to an activating group) is 1. The number of hydrogen-bond acceptors (Lipinski definition) is 4. The Morgan fingerprint density at radius 2 is 2.11 bits per heavy atom. The number of rotatable bonds is 3. The van der Waals surface area contributed by atoms with E-state index in [1.807, 2.05) is 0 Å². The third-order valence-corrected chi connectivity index (χ3v) is 3.08. The van der Waals surface area contributed by atoms with E-state index in [1.165, 1.54) is 0 Å². The van der Waals surface area contributed by atoms with E-state index in [4.69, 9.17) is 9.94 Å². The number of amides is 1. The first-order chi connectivity index (χ1) is 8.61. The summed E-state index contributed by atoms with van der Waals surface area (Å²) in [6.45, 7) is 2.45. The SMILES string of the molecule is CC(=NO)c1ccc(OC2CCN(C)C2=O)cc1. The van der Waals surface area contributed by atoms with Gasteiger partial charge in [0.25, 0.3) is 5.91 Å². The monoisotopic (exact) mass is 248 g/mol. The van der Waals surface area contributed by atoms with Crippen molar-refractivity contribution < 1.29 is 14.7 Å². The lowest BCUT2D eigenvalue weighted by Gasteiger charge is -2.13. The van der Waals surface area contributed by atoms with Crippen LogP contribution in [0.1, 0.15) is 18.9 Å². The number of carbonyl (C=O) groups is 1. The van der Waals surface area contributed by atoms with Crippen molar-refractivity contribution in [2.75, 3.05) is 13.6 Å². The molecule has 1 fully saturated rings. The van der Waals surface area contributed by atoms with Gasteiger partial charge in [-0.1, -0.05) is 5.16 Å². The van der Waals surface area contributed by atoms with Crippen LogP contribution in [0.25, 0.3) is 0 Å². The highest BCUT2D eigenvalue weighted by Gasteiger charge is 2.30. The van der Waals surface area contributed by atoms with Gasteiger partial charge in [-0.3, -0.25) is 4.79 Å². The molecule has 1 aliphatic heterocycles. The van der Waals surface area contributed by atoms with Gasteiger partial charge < -0.3 is 14.8 Å². The van der Waals surface area contributed by atoms with Gasteiger partial charge in [-0.15, -0.1) is 0 Å². The second kappa shape index (κ2) is 5.08. The van der Waals surface area contributed by atoms with Crippen molar-refractivity contribution in [1.82, 2.24) is 4.90 Å². The quantitative estimate of drug-likeness (QED) is 0.501. The van der Waals surface area contributed by atoms with Crippen LogP contribution in [-0.2, 0) is 4.79 Å². The lowest BCUT2D eigenvalue weighted by Crippen LogP contribution is -2.29. The lowest BCUT2D eigenvalue weighted by molar-refractivity contribution is -0.132. The van der Waals surface area contributed by atoms with Crippen molar-refractivity contribution in [2.45, 2.75) is 19.4 Å². The zero-order valence-electron chi connectivity index (χ0n) is 10.5. The van der Waals surface area contributed by atoms with Gasteiger partial charge in [0.2, 0.25) is 0 Å². The summed E-state index contributed by atoms with van der Waals surface area (Å²) in [5.74, 6) is 0.672. The van der Waals surface area contributed by atoms with E-state index in [1.54, 1.807) is 43.1 Å². The Morgan fingerprint density at radius 3 is 2.61 bits per heavy atom. The first kappa shape index (κ1) is 12.4. The molecule has 0 radical (unpaired) electrons. The minimum atomic E-state index is -0.381. The van der Waals surface area contributed by atoms with E-state index in [9.17, 15) is 4.79 Å². The summed E-state index contributed by atoms with van der Waals surface area (Å²) >= 11 is 0. The van der Waals surface area contributed by atoms with Gasteiger partial charge in [-0.25, -0.2) is 0 Å². The molecule has 18 heavy (non-hydrogen) atoms. The Labute approximate surface area is 106 Å². The molecule has 1 saturated heterocycles. The fourth-order valence-corrected chi connectivity index (χ4v) is 1.90. The number of likely N-dealkylation sites (tertiary alicyclic amines) is 1. The molecular formula is C13H16N2O3. The first-order valence-corrected chi connectivity index (χ1v) is 5.82. The van der Waals surface area contributed by atoms with Gasteiger partial charge in [0, 0.05) is 20.0 Å². The Balaban J connectivity index is 2.05. The van der Waals surface area contributed by atoms with Crippen molar-refractivity contribution >= 4 is 11.6 Å². The molecule has 5 heteroatoms. The van der Waals surface area contributed by atoms with E-state index in [-0.39, 0.29) is 12.0 Å². The zero-order chi connectivity index (χ0) is 13.1. The molecule has 1 aliphatic rings. The molecule has 1 unspecified atom stereocenters. The molecular weight excluding hydrogens is 232 g/mol. The summed E-state index contributed by atoms with van der Waals surface area (Å²) in [5, 5.41) is 11.8. The zero-order valence-corrected chi connectivity index (χ0v) is 10.5. The summed E-state index contributed by atoms with van der Waals surface area (Å²) in [7, 11) is 1.77. The summed E-state index contributed by atoms with van der Waals surface area (Å²) in [6, 6.07) is 7.15. The standard InChI is InChI=1S/C13H16N2O3/c1-9(14-17)10-3-5-11(6-4-10)18-12-7-8-15(2)13(12)16/h3-6,12,17H,7-8H2,1-2H3. The fourth-order valence-electron chi connectivity index (χ4n) is 1.90. The van der Waals surface area contributed by atoms with Gasteiger partial charge in [0.05, 0.1) is 5.71 Å². The van der Waals surface area contributed by atoms with Gasteiger partial charge in [-0.05, 0) is 36.8 Å². The van der Waals surface area contributed by atoms with Gasteiger partial charge in [-0.2, -0.15) is 0 Å². The summed E-state index contributed by atoms with van der Waals surface area (Å²) in [4.78, 5) is 13.3. The predicted molar refractivity (Wildman–Crippen MR) is 67.1 cm³/mol. The van der Waals surface area contributed by atoms with Crippen LogP contribution in [0.15, 0.2) is 29.4 Å². The summed E-state index contributed by atoms with van der Waals surface area (Å²) in [5.41, 5.74) is 1.36. The second-order valence-electron chi connectivity index (χ2n) is 4.36. The van der Waals surface area contributed by atoms with Gasteiger partial charge in [0.15, 0.2) is 6.10 Å². The Bertz CT molecular complexity index is 468. The van der Waals surface area contributed by atoms with Gasteiger partial charge >= 0.3 is 0 Å².